The standard InChI is InChI=1S/C14H20N2O2/c1-10-14(2,7-8-18-10)16-13(17)9-11-3-5-12(15)6-4-11/h3-6,10H,7-9,15H2,1-2H3,(H,16,17). The molecule has 1 aromatic carbocycles. The van der Waals surface area contributed by atoms with Crippen LogP contribution in [0.4, 0.5) is 5.69 Å². The summed E-state index contributed by atoms with van der Waals surface area (Å²) in [5.41, 5.74) is 7.05. The molecule has 4 heteroatoms. The molecule has 4 nitrogen and oxygen atoms in total. The minimum Gasteiger partial charge on any atom is -0.399 e. The Morgan fingerprint density at radius 3 is 2.72 bits per heavy atom. The van der Waals surface area contributed by atoms with Crippen LogP contribution in [0.3, 0.4) is 0 Å². The number of rotatable bonds is 3. The van der Waals surface area contributed by atoms with Gasteiger partial charge in [-0.15, -0.1) is 0 Å². The van der Waals surface area contributed by atoms with Crippen molar-refractivity contribution < 1.29 is 9.53 Å². The first-order chi connectivity index (χ1) is 8.49. The van der Waals surface area contributed by atoms with Crippen LogP contribution in [0.1, 0.15) is 25.8 Å². The van der Waals surface area contributed by atoms with Crippen molar-refractivity contribution in [3.8, 4) is 0 Å². The fraction of sp³-hybridized carbons (Fsp3) is 0.500. The molecule has 1 saturated heterocycles. The van der Waals surface area contributed by atoms with Crippen LogP contribution in [-0.4, -0.2) is 24.2 Å². The molecule has 2 atom stereocenters. The number of carbonyl (C=O) groups excluding carboxylic acids is 1. The molecule has 1 aliphatic heterocycles. The number of nitrogens with one attached hydrogen (secondary N) is 1. The summed E-state index contributed by atoms with van der Waals surface area (Å²) >= 11 is 0. The van der Waals surface area contributed by atoms with Gasteiger partial charge in [0, 0.05) is 12.3 Å². The lowest BCUT2D eigenvalue weighted by Gasteiger charge is -2.28. The Kier molecular flexibility index (Phi) is 3.57. The first-order valence-electron chi connectivity index (χ1n) is 6.27. The number of nitrogen functional groups attached to an aromatic ring is 1. The largest absolute Gasteiger partial charge is 0.399 e. The van der Waals surface area contributed by atoms with Gasteiger partial charge in [-0.05, 0) is 38.0 Å². The van der Waals surface area contributed by atoms with E-state index in [1.807, 2.05) is 38.1 Å². The number of hydrogen-bond acceptors (Lipinski definition) is 3. The molecule has 2 rings (SSSR count). The van der Waals surface area contributed by atoms with Gasteiger partial charge in [0.15, 0.2) is 0 Å². The fourth-order valence-corrected chi connectivity index (χ4v) is 2.18. The van der Waals surface area contributed by atoms with E-state index in [0.29, 0.717) is 18.7 Å². The zero-order valence-corrected chi connectivity index (χ0v) is 10.9. The van der Waals surface area contributed by atoms with Crippen LogP contribution in [0, 0.1) is 0 Å². The zero-order chi connectivity index (χ0) is 13.2. The molecular formula is C14H20N2O2. The average Bonchev–Trinajstić information content (AvgIpc) is 2.62. The van der Waals surface area contributed by atoms with Crippen molar-refractivity contribution >= 4 is 11.6 Å². The zero-order valence-electron chi connectivity index (χ0n) is 10.9. The summed E-state index contributed by atoms with van der Waals surface area (Å²) in [5.74, 6) is 0.0274. The number of amides is 1. The van der Waals surface area contributed by atoms with Crippen LogP contribution in [0.15, 0.2) is 24.3 Å². The maximum absolute atomic E-state index is 12.0. The van der Waals surface area contributed by atoms with Crippen LogP contribution < -0.4 is 11.1 Å². The highest BCUT2D eigenvalue weighted by atomic mass is 16.5. The van der Waals surface area contributed by atoms with Crippen molar-refractivity contribution in [3.05, 3.63) is 29.8 Å². The second kappa shape index (κ2) is 4.98. The molecule has 0 spiro atoms. The third-order valence-electron chi connectivity index (χ3n) is 3.66. The lowest BCUT2D eigenvalue weighted by Crippen LogP contribution is -2.51. The monoisotopic (exact) mass is 248 g/mol. The van der Waals surface area contributed by atoms with Crippen molar-refractivity contribution in [2.45, 2.75) is 38.3 Å². The predicted molar refractivity (Wildman–Crippen MR) is 71.1 cm³/mol. The number of carbonyl (C=O) groups is 1. The number of nitrogens with two attached hydrogens (primary N) is 1. The van der Waals surface area contributed by atoms with Crippen molar-refractivity contribution in [1.29, 1.82) is 0 Å². The summed E-state index contributed by atoms with van der Waals surface area (Å²) < 4.78 is 5.50. The normalized spacial score (nSPS) is 27.1. The summed E-state index contributed by atoms with van der Waals surface area (Å²) in [7, 11) is 0. The molecule has 2 unspecified atom stereocenters. The van der Waals surface area contributed by atoms with E-state index in [1.54, 1.807) is 0 Å². The molecule has 0 radical (unpaired) electrons. The van der Waals surface area contributed by atoms with Gasteiger partial charge in [0.1, 0.15) is 0 Å². The first-order valence-corrected chi connectivity index (χ1v) is 6.27. The van der Waals surface area contributed by atoms with Crippen molar-refractivity contribution in [1.82, 2.24) is 5.32 Å². The van der Waals surface area contributed by atoms with Crippen molar-refractivity contribution in [2.24, 2.45) is 0 Å². The second-order valence-electron chi connectivity index (χ2n) is 5.15. The summed E-state index contributed by atoms with van der Waals surface area (Å²) in [6, 6.07) is 7.38. The number of hydrogen-bond donors (Lipinski definition) is 2. The van der Waals surface area contributed by atoms with Crippen molar-refractivity contribution in [3.63, 3.8) is 0 Å². The topological polar surface area (TPSA) is 64.3 Å². The summed E-state index contributed by atoms with van der Waals surface area (Å²) in [4.78, 5) is 12.0. The highest BCUT2D eigenvalue weighted by Crippen LogP contribution is 2.25. The molecule has 0 aromatic heterocycles. The summed E-state index contributed by atoms with van der Waals surface area (Å²) in [6.45, 7) is 4.74. The van der Waals surface area contributed by atoms with E-state index in [4.69, 9.17) is 10.5 Å². The Hall–Kier alpha value is -1.55. The van der Waals surface area contributed by atoms with Gasteiger partial charge < -0.3 is 15.8 Å². The van der Waals surface area contributed by atoms with Crippen LogP contribution in [0.2, 0.25) is 0 Å². The van der Waals surface area contributed by atoms with Crippen molar-refractivity contribution in [2.75, 3.05) is 12.3 Å². The van der Waals surface area contributed by atoms with E-state index in [-0.39, 0.29) is 17.6 Å². The Labute approximate surface area is 108 Å². The van der Waals surface area contributed by atoms with E-state index in [1.165, 1.54) is 0 Å². The van der Waals surface area contributed by atoms with E-state index in [0.717, 1.165) is 12.0 Å². The van der Waals surface area contributed by atoms with E-state index in [9.17, 15) is 4.79 Å². The van der Waals surface area contributed by atoms with E-state index in [2.05, 4.69) is 5.32 Å². The van der Waals surface area contributed by atoms with Gasteiger partial charge in [-0.3, -0.25) is 4.79 Å². The highest BCUT2D eigenvalue weighted by Gasteiger charge is 2.38. The summed E-state index contributed by atoms with van der Waals surface area (Å²) in [5, 5.41) is 3.07. The van der Waals surface area contributed by atoms with E-state index >= 15 is 0 Å². The molecule has 98 valence electrons. The van der Waals surface area contributed by atoms with Gasteiger partial charge in [-0.2, -0.15) is 0 Å². The third-order valence-corrected chi connectivity index (χ3v) is 3.66. The molecule has 0 aliphatic carbocycles. The molecule has 1 amide bonds. The van der Waals surface area contributed by atoms with Crippen LogP contribution in [0.25, 0.3) is 0 Å². The Morgan fingerprint density at radius 2 is 2.17 bits per heavy atom. The minimum atomic E-state index is -0.245. The Bertz CT molecular complexity index is 430. The van der Waals surface area contributed by atoms with Crippen LogP contribution in [0.5, 0.6) is 0 Å². The average molecular weight is 248 g/mol. The fourth-order valence-electron chi connectivity index (χ4n) is 2.18. The molecule has 1 aliphatic rings. The lowest BCUT2D eigenvalue weighted by molar-refractivity contribution is -0.122. The van der Waals surface area contributed by atoms with E-state index < -0.39 is 0 Å². The van der Waals surface area contributed by atoms with Gasteiger partial charge in [0.2, 0.25) is 5.91 Å². The number of ether oxygens (including phenoxy) is 1. The smallest absolute Gasteiger partial charge is 0.224 e. The minimum absolute atomic E-state index is 0.0274. The molecule has 0 saturated carbocycles. The molecule has 3 N–H and O–H groups in total. The van der Waals surface area contributed by atoms with Gasteiger partial charge in [-0.25, -0.2) is 0 Å². The van der Waals surface area contributed by atoms with Gasteiger partial charge in [0.05, 0.1) is 18.1 Å². The van der Waals surface area contributed by atoms with Gasteiger partial charge in [-0.1, -0.05) is 12.1 Å². The maximum Gasteiger partial charge on any atom is 0.224 e. The molecular weight excluding hydrogens is 228 g/mol. The predicted octanol–water partition coefficient (Wildman–Crippen LogP) is 1.49. The van der Waals surface area contributed by atoms with Crippen LogP contribution >= 0.6 is 0 Å². The molecule has 0 bridgehead atoms. The molecule has 1 heterocycles. The van der Waals surface area contributed by atoms with Gasteiger partial charge >= 0.3 is 0 Å². The molecule has 1 fully saturated rings. The Balaban J connectivity index is 1.94. The highest BCUT2D eigenvalue weighted by molar-refractivity contribution is 5.79. The molecule has 1 aromatic rings. The molecule has 18 heavy (non-hydrogen) atoms. The quantitative estimate of drug-likeness (QED) is 0.797. The SMILES string of the molecule is CC1OCCC1(C)NC(=O)Cc1ccc(N)cc1. The first kappa shape index (κ1) is 12.9. The Morgan fingerprint density at radius 1 is 1.50 bits per heavy atom. The number of benzene rings is 1. The lowest BCUT2D eigenvalue weighted by atomic mass is 9.94. The third kappa shape index (κ3) is 2.82. The second-order valence-corrected chi connectivity index (χ2v) is 5.15. The van der Waals surface area contributed by atoms with Crippen LogP contribution in [-0.2, 0) is 16.0 Å². The number of anilines is 1. The summed E-state index contributed by atoms with van der Waals surface area (Å²) in [6.07, 6.45) is 1.30. The maximum atomic E-state index is 12.0. The van der Waals surface area contributed by atoms with Gasteiger partial charge in [0.25, 0.3) is 0 Å².